The molecule has 0 fully saturated rings. The summed E-state index contributed by atoms with van der Waals surface area (Å²) in [5.74, 6) is 0. The molecule has 20 heavy (non-hydrogen) atoms. The van der Waals surface area contributed by atoms with Gasteiger partial charge in [0.15, 0.2) is 0 Å². The molecule has 0 saturated carbocycles. The second-order valence-electron chi connectivity index (χ2n) is 4.60. The summed E-state index contributed by atoms with van der Waals surface area (Å²) in [6, 6.07) is 3.93. The lowest BCUT2D eigenvalue weighted by atomic mass is 10.2. The fraction of sp³-hybridized carbons (Fsp3) is 0.333. The number of aryl methyl sites for hydroxylation is 1. The van der Waals surface area contributed by atoms with Gasteiger partial charge in [0.25, 0.3) is 0 Å². The third-order valence-corrected chi connectivity index (χ3v) is 2.97. The van der Waals surface area contributed by atoms with Gasteiger partial charge < -0.3 is 10.6 Å². The van der Waals surface area contributed by atoms with Crippen molar-refractivity contribution in [2.45, 2.75) is 20.0 Å². The van der Waals surface area contributed by atoms with Gasteiger partial charge >= 0.3 is 0 Å². The second-order valence-corrected chi connectivity index (χ2v) is 4.60. The maximum absolute atomic E-state index is 4.43. The first kappa shape index (κ1) is 14.3. The molecule has 2 rings (SSSR count). The summed E-state index contributed by atoms with van der Waals surface area (Å²) in [6.07, 6.45) is 7.51. The molecule has 5 heteroatoms. The largest absolute Gasteiger partial charge is 0.383 e. The fourth-order valence-corrected chi connectivity index (χ4v) is 1.94. The van der Waals surface area contributed by atoms with Gasteiger partial charge in [-0.1, -0.05) is 6.08 Å². The van der Waals surface area contributed by atoms with Gasteiger partial charge in [-0.3, -0.25) is 9.67 Å². The third kappa shape index (κ3) is 4.20. The molecule has 0 aliphatic rings. The minimum absolute atomic E-state index is 0.753. The normalized spacial score (nSPS) is 10.4. The predicted octanol–water partition coefficient (Wildman–Crippen LogP) is 1.97. The van der Waals surface area contributed by atoms with Crippen LogP contribution in [0.25, 0.3) is 0 Å². The van der Waals surface area contributed by atoms with Crippen molar-refractivity contribution in [2.24, 2.45) is 0 Å². The van der Waals surface area contributed by atoms with Crippen molar-refractivity contribution >= 4 is 5.69 Å². The minimum atomic E-state index is 0.753. The van der Waals surface area contributed by atoms with Crippen LogP contribution in [0.4, 0.5) is 5.69 Å². The Bertz CT molecular complexity index is 532. The van der Waals surface area contributed by atoms with Crippen molar-refractivity contribution in [3.05, 3.63) is 54.6 Å². The van der Waals surface area contributed by atoms with Crippen LogP contribution < -0.4 is 10.6 Å². The van der Waals surface area contributed by atoms with Crippen molar-refractivity contribution in [1.29, 1.82) is 0 Å². The number of allylic oxidation sites excluding steroid dienone is 1. The lowest BCUT2D eigenvalue weighted by Crippen LogP contribution is -2.21. The summed E-state index contributed by atoms with van der Waals surface area (Å²) in [7, 11) is 0. The Labute approximate surface area is 119 Å². The van der Waals surface area contributed by atoms with E-state index < -0.39 is 0 Å². The van der Waals surface area contributed by atoms with Gasteiger partial charge in [0.2, 0.25) is 0 Å². The number of hydrogen-bond acceptors (Lipinski definition) is 4. The highest BCUT2D eigenvalue weighted by Gasteiger charge is 2.03. The van der Waals surface area contributed by atoms with E-state index in [0.717, 1.165) is 37.6 Å². The van der Waals surface area contributed by atoms with Crippen LogP contribution in [0.5, 0.6) is 0 Å². The first-order valence-corrected chi connectivity index (χ1v) is 6.78. The van der Waals surface area contributed by atoms with Crippen LogP contribution in [0.2, 0.25) is 0 Å². The maximum Gasteiger partial charge on any atom is 0.0638 e. The quantitative estimate of drug-likeness (QED) is 0.569. The molecule has 0 atom stereocenters. The van der Waals surface area contributed by atoms with E-state index in [1.165, 1.54) is 5.56 Å². The van der Waals surface area contributed by atoms with Gasteiger partial charge in [-0.2, -0.15) is 5.10 Å². The Morgan fingerprint density at radius 2 is 2.30 bits per heavy atom. The zero-order valence-electron chi connectivity index (χ0n) is 11.8. The molecule has 0 bridgehead atoms. The van der Waals surface area contributed by atoms with Gasteiger partial charge in [-0.05, 0) is 19.1 Å². The molecule has 5 nitrogen and oxygen atoms in total. The molecule has 2 N–H and O–H groups in total. The topological polar surface area (TPSA) is 54.8 Å². The van der Waals surface area contributed by atoms with Crippen LogP contribution in [0.15, 0.2) is 43.4 Å². The molecule has 0 aliphatic carbocycles. The first-order chi connectivity index (χ1) is 9.79. The monoisotopic (exact) mass is 271 g/mol. The van der Waals surface area contributed by atoms with Gasteiger partial charge in [0.05, 0.1) is 17.9 Å². The van der Waals surface area contributed by atoms with E-state index in [0.29, 0.717) is 0 Å². The van der Waals surface area contributed by atoms with Crippen molar-refractivity contribution in [1.82, 2.24) is 20.1 Å². The summed E-state index contributed by atoms with van der Waals surface area (Å²) >= 11 is 0. The average Bonchev–Trinajstić information content (AvgIpc) is 2.80. The SMILES string of the molecule is C=CCn1cc(CNCCNc2cccnc2)c(C)n1. The number of anilines is 1. The van der Waals surface area contributed by atoms with Crippen LogP contribution in [-0.2, 0) is 13.1 Å². The predicted molar refractivity (Wildman–Crippen MR) is 81.6 cm³/mol. The van der Waals surface area contributed by atoms with E-state index in [9.17, 15) is 0 Å². The second kappa shape index (κ2) is 7.45. The molecule has 0 amide bonds. The van der Waals surface area contributed by atoms with Gasteiger partial charge in [-0.25, -0.2) is 0 Å². The van der Waals surface area contributed by atoms with Crippen LogP contribution >= 0.6 is 0 Å². The molecular weight excluding hydrogens is 250 g/mol. The summed E-state index contributed by atoms with van der Waals surface area (Å²) < 4.78 is 1.91. The van der Waals surface area contributed by atoms with Crippen molar-refractivity contribution in [2.75, 3.05) is 18.4 Å². The maximum atomic E-state index is 4.43. The molecular formula is C15H21N5. The average molecular weight is 271 g/mol. The van der Waals surface area contributed by atoms with E-state index in [1.54, 1.807) is 6.20 Å². The first-order valence-electron chi connectivity index (χ1n) is 6.78. The third-order valence-electron chi connectivity index (χ3n) is 2.97. The van der Waals surface area contributed by atoms with Crippen molar-refractivity contribution in [3.8, 4) is 0 Å². The lowest BCUT2D eigenvalue weighted by molar-refractivity contribution is 0.690. The van der Waals surface area contributed by atoms with E-state index in [4.69, 9.17) is 0 Å². The molecule has 2 aromatic heterocycles. The smallest absolute Gasteiger partial charge is 0.0638 e. The Morgan fingerprint density at radius 1 is 1.40 bits per heavy atom. The highest BCUT2D eigenvalue weighted by Crippen LogP contribution is 2.05. The lowest BCUT2D eigenvalue weighted by Gasteiger charge is -2.06. The molecule has 0 radical (unpaired) electrons. The Morgan fingerprint density at radius 3 is 3.05 bits per heavy atom. The Kier molecular flexibility index (Phi) is 5.32. The number of rotatable bonds is 8. The molecule has 0 aromatic carbocycles. The van der Waals surface area contributed by atoms with E-state index in [2.05, 4.69) is 33.5 Å². The Balaban J connectivity index is 1.69. The number of pyridine rings is 1. The highest BCUT2D eigenvalue weighted by molar-refractivity contribution is 5.39. The van der Waals surface area contributed by atoms with Crippen molar-refractivity contribution in [3.63, 3.8) is 0 Å². The zero-order valence-corrected chi connectivity index (χ0v) is 11.8. The van der Waals surface area contributed by atoms with E-state index >= 15 is 0 Å². The molecule has 2 aromatic rings. The molecule has 2 heterocycles. The standard InChI is InChI=1S/C15H21N5/c1-3-9-20-12-14(13(2)19-20)10-17-7-8-18-15-5-4-6-16-11-15/h3-6,11-12,17-18H,1,7-10H2,2H3. The number of nitrogens with zero attached hydrogens (tertiary/aromatic N) is 3. The number of hydrogen-bond donors (Lipinski definition) is 2. The zero-order chi connectivity index (χ0) is 14.2. The van der Waals surface area contributed by atoms with Gasteiger partial charge in [-0.15, -0.1) is 6.58 Å². The molecule has 106 valence electrons. The summed E-state index contributed by atoms with van der Waals surface area (Å²) in [4.78, 5) is 4.06. The summed E-state index contributed by atoms with van der Waals surface area (Å²) in [5, 5.41) is 11.1. The minimum Gasteiger partial charge on any atom is -0.383 e. The molecule has 0 unspecified atom stereocenters. The van der Waals surface area contributed by atoms with Gasteiger partial charge in [0, 0.05) is 43.8 Å². The Hall–Kier alpha value is -2.14. The number of nitrogens with one attached hydrogen (secondary N) is 2. The summed E-state index contributed by atoms with van der Waals surface area (Å²) in [5.41, 5.74) is 3.34. The van der Waals surface area contributed by atoms with Crippen LogP contribution in [0, 0.1) is 6.92 Å². The molecule has 0 spiro atoms. The van der Waals surface area contributed by atoms with Crippen LogP contribution in [0.3, 0.4) is 0 Å². The fourth-order valence-electron chi connectivity index (χ4n) is 1.94. The van der Waals surface area contributed by atoms with Crippen molar-refractivity contribution < 1.29 is 0 Å². The highest BCUT2D eigenvalue weighted by atomic mass is 15.3. The van der Waals surface area contributed by atoms with Crippen LogP contribution in [0.1, 0.15) is 11.3 Å². The molecule has 0 aliphatic heterocycles. The summed E-state index contributed by atoms with van der Waals surface area (Å²) in [6.45, 7) is 9.09. The van der Waals surface area contributed by atoms with Crippen LogP contribution in [-0.4, -0.2) is 27.9 Å². The van der Waals surface area contributed by atoms with E-state index in [-0.39, 0.29) is 0 Å². The number of aromatic nitrogens is 3. The van der Waals surface area contributed by atoms with E-state index in [1.807, 2.05) is 36.0 Å². The van der Waals surface area contributed by atoms with Gasteiger partial charge in [0.1, 0.15) is 0 Å². The molecule has 0 saturated heterocycles.